The number of nitrogens with two attached hydrogens (primary N) is 1. The second-order valence-electron chi connectivity index (χ2n) is 11.1. The highest BCUT2D eigenvalue weighted by Crippen LogP contribution is 2.26. The normalized spacial score (nSPS) is 11.7. The van der Waals surface area contributed by atoms with Gasteiger partial charge in [0.2, 0.25) is 0 Å². The average Bonchev–Trinajstić information content (AvgIpc) is 3.11. The summed E-state index contributed by atoms with van der Waals surface area (Å²) in [5.74, 6) is 0. The Bertz CT molecular complexity index is 1870. The van der Waals surface area contributed by atoms with Crippen molar-refractivity contribution in [2.75, 3.05) is 5.73 Å². The van der Waals surface area contributed by atoms with Gasteiger partial charge in [-0.15, -0.1) is 0 Å². The molecule has 0 aromatic heterocycles. The predicted molar refractivity (Wildman–Crippen MR) is 214 cm³/mol. The number of nitrogens with one attached hydrogen (secondary N) is 1. The van der Waals surface area contributed by atoms with Crippen molar-refractivity contribution < 1.29 is 0 Å². The van der Waals surface area contributed by atoms with Crippen molar-refractivity contribution in [3.63, 3.8) is 0 Å². The molecule has 0 heterocycles. The second kappa shape index (κ2) is 19.5. The van der Waals surface area contributed by atoms with Gasteiger partial charge in [0.15, 0.2) is 0 Å². The van der Waals surface area contributed by atoms with Gasteiger partial charge in [-0.1, -0.05) is 166 Å². The third kappa shape index (κ3) is 11.4. The van der Waals surface area contributed by atoms with Gasteiger partial charge in [0.05, 0.1) is 0 Å². The fourth-order valence-corrected chi connectivity index (χ4v) is 4.79. The first kappa shape index (κ1) is 36.5. The fraction of sp³-hybridized carbons (Fsp3) is 0.0652. The monoisotopic (exact) mass is 626 g/mol. The summed E-state index contributed by atoms with van der Waals surface area (Å²) in [7, 11) is 0. The highest BCUT2D eigenvalue weighted by molar-refractivity contribution is 6.08. The Balaban J connectivity index is 0.000000789. The van der Waals surface area contributed by atoms with E-state index in [0.29, 0.717) is 0 Å². The van der Waals surface area contributed by atoms with Crippen molar-refractivity contribution in [2.24, 2.45) is 0 Å². The first-order chi connectivity index (χ1) is 23.3. The summed E-state index contributed by atoms with van der Waals surface area (Å²) in [5, 5.41) is 7.64. The highest BCUT2D eigenvalue weighted by atomic mass is 14.5. The lowest BCUT2D eigenvalue weighted by atomic mass is 9.96. The Kier molecular flexibility index (Phi) is 14.8. The molecule has 0 saturated heterocycles. The molecule has 0 spiro atoms. The topological polar surface area (TPSA) is 49.9 Å². The largest absolute Gasteiger partial charge is 0.399 e. The van der Waals surface area contributed by atoms with E-state index in [9.17, 15) is 0 Å². The summed E-state index contributed by atoms with van der Waals surface area (Å²) < 4.78 is 0. The molecule has 0 amide bonds. The summed E-state index contributed by atoms with van der Waals surface area (Å²) in [6.45, 7) is 20.1. The highest BCUT2D eigenvalue weighted by Gasteiger charge is 2.04. The quantitative estimate of drug-likeness (QED) is 0.0866. The number of aryl methyl sites for hydroxylation is 1. The summed E-state index contributed by atoms with van der Waals surface area (Å²) in [6.07, 6.45) is 22.0. The summed E-state index contributed by atoms with van der Waals surface area (Å²) >= 11 is 0. The van der Waals surface area contributed by atoms with E-state index in [1.54, 1.807) is 12.2 Å². The minimum absolute atomic E-state index is 0.822. The Morgan fingerprint density at radius 3 is 2.06 bits per heavy atom. The van der Waals surface area contributed by atoms with E-state index in [2.05, 4.69) is 119 Å². The number of benzene rings is 4. The van der Waals surface area contributed by atoms with E-state index in [1.165, 1.54) is 22.9 Å². The lowest BCUT2D eigenvalue weighted by molar-refractivity contribution is 1.26. The van der Waals surface area contributed by atoms with Crippen LogP contribution in [0, 0.1) is 12.3 Å². The van der Waals surface area contributed by atoms with Crippen LogP contribution in [0.5, 0.6) is 0 Å². The van der Waals surface area contributed by atoms with Gasteiger partial charge in [-0.05, 0) is 99.7 Å². The van der Waals surface area contributed by atoms with Gasteiger partial charge in [-0.25, -0.2) is 0 Å². The minimum atomic E-state index is 0.822. The zero-order valence-electron chi connectivity index (χ0n) is 28.2. The minimum Gasteiger partial charge on any atom is -0.399 e. The molecule has 0 radical (unpaired) electrons. The first-order valence-electron chi connectivity index (χ1n) is 15.9. The van der Waals surface area contributed by atoms with E-state index in [-0.39, 0.29) is 0 Å². The van der Waals surface area contributed by atoms with Crippen molar-refractivity contribution in [2.45, 2.75) is 20.3 Å². The van der Waals surface area contributed by atoms with Crippen molar-refractivity contribution in [3.8, 4) is 11.1 Å². The molecule has 2 nitrogen and oxygen atoms in total. The third-order valence-corrected chi connectivity index (χ3v) is 7.62. The first-order valence-corrected chi connectivity index (χ1v) is 15.9. The summed E-state index contributed by atoms with van der Waals surface area (Å²) in [5.41, 5.74) is 17.9. The van der Waals surface area contributed by atoms with Gasteiger partial charge >= 0.3 is 0 Å². The number of allylic oxidation sites excluding steroid dienone is 13. The maximum atomic E-state index is 7.64. The molecule has 3 N–H and O–H groups in total. The van der Waals surface area contributed by atoms with Crippen LogP contribution in [0.15, 0.2) is 189 Å². The number of rotatable bonds is 13. The molecule has 0 aliphatic heterocycles. The molecular formula is C46H46N2. The Morgan fingerprint density at radius 2 is 1.44 bits per heavy atom. The smallest absolute Gasteiger partial charge is 0.0313 e. The molecule has 0 atom stereocenters. The van der Waals surface area contributed by atoms with Crippen molar-refractivity contribution in [1.29, 1.82) is 5.41 Å². The molecule has 0 aliphatic rings. The molecule has 48 heavy (non-hydrogen) atoms. The Morgan fingerprint density at radius 1 is 0.729 bits per heavy atom. The van der Waals surface area contributed by atoms with Crippen LogP contribution in [0.2, 0.25) is 0 Å². The molecule has 2 heteroatoms. The van der Waals surface area contributed by atoms with Crippen molar-refractivity contribution >= 4 is 29.1 Å². The number of anilines is 1. The van der Waals surface area contributed by atoms with Gasteiger partial charge in [-0.3, -0.25) is 0 Å². The van der Waals surface area contributed by atoms with E-state index < -0.39 is 0 Å². The Labute approximate surface area is 287 Å². The van der Waals surface area contributed by atoms with Crippen LogP contribution in [0.3, 0.4) is 0 Å². The molecule has 0 bridgehead atoms. The van der Waals surface area contributed by atoms with Gasteiger partial charge in [-0.2, -0.15) is 0 Å². The molecule has 240 valence electrons. The number of hydrogen-bond acceptors (Lipinski definition) is 2. The zero-order valence-corrected chi connectivity index (χ0v) is 28.2. The predicted octanol–water partition coefficient (Wildman–Crippen LogP) is 12.2. The molecule has 0 saturated carbocycles. The van der Waals surface area contributed by atoms with Gasteiger partial charge in [0.25, 0.3) is 0 Å². The van der Waals surface area contributed by atoms with Gasteiger partial charge < -0.3 is 11.1 Å². The Hall–Kier alpha value is -5.99. The maximum absolute atomic E-state index is 7.64. The molecule has 4 aromatic rings. The van der Waals surface area contributed by atoms with Crippen LogP contribution >= 0.6 is 0 Å². The number of para-hydroxylation sites is 1. The molecular weight excluding hydrogens is 581 g/mol. The maximum Gasteiger partial charge on any atom is 0.0313 e. The van der Waals surface area contributed by atoms with E-state index in [0.717, 1.165) is 56.7 Å². The van der Waals surface area contributed by atoms with Gasteiger partial charge in [0.1, 0.15) is 0 Å². The summed E-state index contributed by atoms with van der Waals surface area (Å²) in [6, 6.07) is 32.8. The SMILES string of the molecule is C=C/C=C\Cc1cccc(C(/C=C\C(=C)C(=C)/C=C\c2cc(-c3ccc(/C(C=N)=C/C=C)cc3)ccc2C)=C/C)c1.Nc1ccccc1. The fourth-order valence-electron chi connectivity index (χ4n) is 4.79. The van der Waals surface area contributed by atoms with Gasteiger partial charge in [0, 0.05) is 11.9 Å². The number of hydrogen-bond donors (Lipinski definition) is 2. The van der Waals surface area contributed by atoms with E-state index >= 15 is 0 Å². The zero-order chi connectivity index (χ0) is 34.7. The van der Waals surface area contributed by atoms with Crippen LogP contribution < -0.4 is 5.73 Å². The van der Waals surface area contributed by atoms with Crippen molar-refractivity contribution in [1.82, 2.24) is 0 Å². The second-order valence-corrected chi connectivity index (χ2v) is 11.1. The summed E-state index contributed by atoms with van der Waals surface area (Å²) in [4.78, 5) is 0. The van der Waals surface area contributed by atoms with Crippen LogP contribution in [0.4, 0.5) is 5.69 Å². The average molecular weight is 627 g/mol. The lowest BCUT2D eigenvalue weighted by Gasteiger charge is -2.08. The lowest BCUT2D eigenvalue weighted by Crippen LogP contribution is -1.88. The van der Waals surface area contributed by atoms with Crippen LogP contribution in [0.1, 0.15) is 34.7 Å². The molecule has 0 aliphatic carbocycles. The number of nitrogen functional groups attached to an aromatic ring is 1. The van der Waals surface area contributed by atoms with Crippen LogP contribution in [0.25, 0.3) is 28.3 Å². The molecule has 0 unspecified atom stereocenters. The standard InChI is InChI=1S/C40H39N.C6H7N/c1-7-10-11-14-33-15-12-16-38(27-33)34(9-3)20-17-30(4)31(5)18-21-37-28-39(22-19-32(37)6)35-23-25-36(26-24-35)40(29-41)13-8-2;7-6-4-2-1-3-5-6/h7-13,15-29,41H,1-2,4-5,14H2,3,6H3;1-5H,7H2/b11-10-,20-17-,21-18-,34-9+,40-13+,41-29?;. The van der Waals surface area contributed by atoms with E-state index in [4.69, 9.17) is 11.1 Å². The van der Waals surface area contributed by atoms with Crippen molar-refractivity contribution in [3.05, 3.63) is 217 Å². The molecule has 0 fully saturated rings. The van der Waals surface area contributed by atoms with Crippen LogP contribution in [-0.2, 0) is 6.42 Å². The van der Waals surface area contributed by atoms with E-state index in [1.807, 2.05) is 66.8 Å². The third-order valence-electron chi connectivity index (χ3n) is 7.62. The van der Waals surface area contributed by atoms with Crippen LogP contribution in [-0.4, -0.2) is 6.21 Å². The molecule has 4 aromatic carbocycles. The molecule has 4 rings (SSSR count).